The predicted octanol–water partition coefficient (Wildman–Crippen LogP) is 3.66. The molecule has 0 amide bonds. The average Bonchev–Trinajstić information content (AvgIpc) is 2.96. The fraction of sp³-hybridized carbons (Fsp3) is 0.0667. The molecule has 3 rings (SSSR count). The van der Waals surface area contributed by atoms with Crippen LogP contribution < -0.4 is 10.2 Å². The Morgan fingerprint density at radius 3 is 2.95 bits per heavy atom. The number of esters is 1. The number of carbonyl (C=O) groups excluding carboxylic acids is 1. The molecule has 0 saturated carbocycles. The number of fused-ring (bicyclic) bond motifs is 1. The first-order chi connectivity index (χ1) is 10.1. The van der Waals surface area contributed by atoms with E-state index in [1.807, 2.05) is 17.5 Å². The molecule has 0 spiro atoms. The minimum atomic E-state index is -0.367. The first-order valence-corrected chi connectivity index (χ1v) is 7.33. The average molecular weight is 321 g/mol. The molecule has 4 nitrogen and oxygen atoms in total. The predicted molar refractivity (Wildman–Crippen MR) is 81.2 cm³/mol. The molecule has 0 saturated heterocycles. The molecule has 2 aromatic heterocycles. The number of hydrogen-bond donors (Lipinski definition) is 0. The highest BCUT2D eigenvalue weighted by Crippen LogP contribution is 2.21. The maximum absolute atomic E-state index is 11.8. The number of rotatable bonds is 3. The van der Waals surface area contributed by atoms with Gasteiger partial charge in [0.1, 0.15) is 22.6 Å². The molecule has 0 radical (unpaired) electrons. The Labute approximate surface area is 128 Å². The minimum absolute atomic E-state index is 0.0185. The van der Waals surface area contributed by atoms with Crippen LogP contribution >= 0.6 is 22.9 Å². The van der Waals surface area contributed by atoms with E-state index in [0.717, 1.165) is 4.88 Å². The molecule has 0 aliphatic heterocycles. The number of carbonyl (C=O) groups is 1. The molecule has 0 aliphatic carbocycles. The van der Waals surface area contributed by atoms with Crippen molar-refractivity contribution in [2.45, 2.75) is 6.42 Å². The van der Waals surface area contributed by atoms with Gasteiger partial charge in [0.05, 0.1) is 11.8 Å². The minimum Gasteiger partial charge on any atom is -0.462 e. The molecule has 0 bridgehead atoms. The number of ether oxygens (including phenoxy) is 1. The standard InChI is InChI=1S/C15H9ClO4S/c16-12-8-19-13-6-9(3-4-11(13)15(12)18)20-14(17)7-10-2-1-5-21-10/h1-6,8H,7H2. The van der Waals surface area contributed by atoms with Crippen LogP contribution in [0.25, 0.3) is 11.0 Å². The molecule has 0 N–H and O–H groups in total. The maximum Gasteiger partial charge on any atom is 0.316 e. The summed E-state index contributed by atoms with van der Waals surface area (Å²) >= 11 is 7.19. The summed E-state index contributed by atoms with van der Waals surface area (Å²) in [6, 6.07) is 8.32. The summed E-state index contributed by atoms with van der Waals surface area (Å²) in [5.74, 6) is -0.0392. The van der Waals surface area contributed by atoms with Crippen LogP contribution in [0.1, 0.15) is 4.88 Å². The van der Waals surface area contributed by atoms with E-state index in [9.17, 15) is 9.59 Å². The third-order valence-electron chi connectivity index (χ3n) is 2.83. The Morgan fingerprint density at radius 2 is 2.19 bits per heavy atom. The van der Waals surface area contributed by atoms with Crippen molar-refractivity contribution in [2.24, 2.45) is 0 Å². The van der Waals surface area contributed by atoms with Crippen LogP contribution in [0.2, 0.25) is 5.02 Å². The third-order valence-corrected chi connectivity index (χ3v) is 3.97. The molecular weight excluding hydrogens is 312 g/mol. The van der Waals surface area contributed by atoms with Crippen LogP contribution in [0, 0.1) is 0 Å². The Kier molecular flexibility index (Phi) is 3.77. The highest BCUT2D eigenvalue weighted by Gasteiger charge is 2.10. The first kappa shape index (κ1) is 13.9. The van der Waals surface area contributed by atoms with Gasteiger partial charge in [-0.3, -0.25) is 9.59 Å². The van der Waals surface area contributed by atoms with Crippen molar-refractivity contribution in [3.8, 4) is 5.75 Å². The van der Waals surface area contributed by atoms with E-state index in [-0.39, 0.29) is 22.8 Å². The largest absolute Gasteiger partial charge is 0.462 e. The van der Waals surface area contributed by atoms with Gasteiger partial charge in [0.2, 0.25) is 5.43 Å². The summed E-state index contributed by atoms with van der Waals surface area (Å²) in [7, 11) is 0. The van der Waals surface area contributed by atoms with Crippen LogP contribution in [-0.4, -0.2) is 5.97 Å². The van der Waals surface area contributed by atoms with Crippen LogP contribution in [0.3, 0.4) is 0 Å². The normalized spacial score (nSPS) is 10.7. The van der Waals surface area contributed by atoms with Crippen molar-refractivity contribution in [3.63, 3.8) is 0 Å². The van der Waals surface area contributed by atoms with Crippen LogP contribution in [0.5, 0.6) is 5.75 Å². The van der Waals surface area contributed by atoms with Crippen LogP contribution in [0.15, 0.2) is 51.2 Å². The second kappa shape index (κ2) is 5.71. The van der Waals surface area contributed by atoms with Gasteiger partial charge in [-0.1, -0.05) is 17.7 Å². The van der Waals surface area contributed by atoms with E-state index in [2.05, 4.69) is 0 Å². The second-order valence-corrected chi connectivity index (χ2v) is 5.74. The summed E-state index contributed by atoms with van der Waals surface area (Å²) in [6.07, 6.45) is 1.38. The van der Waals surface area contributed by atoms with Crippen molar-refractivity contribution in [1.82, 2.24) is 0 Å². The Morgan fingerprint density at radius 1 is 1.33 bits per heavy atom. The molecule has 21 heavy (non-hydrogen) atoms. The van der Waals surface area contributed by atoms with Gasteiger partial charge in [0.15, 0.2) is 0 Å². The smallest absolute Gasteiger partial charge is 0.316 e. The van der Waals surface area contributed by atoms with Crippen molar-refractivity contribution in [2.75, 3.05) is 0 Å². The third kappa shape index (κ3) is 2.99. The lowest BCUT2D eigenvalue weighted by atomic mass is 10.2. The zero-order valence-corrected chi connectivity index (χ0v) is 12.2. The van der Waals surface area contributed by atoms with Gasteiger partial charge in [-0.05, 0) is 23.6 Å². The van der Waals surface area contributed by atoms with E-state index in [1.165, 1.54) is 29.7 Å². The van der Waals surface area contributed by atoms with Crippen molar-refractivity contribution < 1.29 is 13.9 Å². The van der Waals surface area contributed by atoms with Gasteiger partial charge in [-0.15, -0.1) is 11.3 Å². The Bertz CT molecular complexity index is 852. The van der Waals surface area contributed by atoms with Crippen molar-refractivity contribution in [3.05, 3.63) is 62.1 Å². The maximum atomic E-state index is 11.8. The number of benzene rings is 1. The van der Waals surface area contributed by atoms with Gasteiger partial charge in [-0.2, -0.15) is 0 Å². The van der Waals surface area contributed by atoms with E-state index in [1.54, 1.807) is 6.07 Å². The van der Waals surface area contributed by atoms with Gasteiger partial charge in [0.25, 0.3) is 0 Å². The van der Waals surface area contributed by atoms with Crippen molar-refractivity contribution >= 4 is 39.9 Å². The monoisotopic (exact) mass is 320 g/mol. The van der Waals surface area contributed by atoms with E-state index < -0.39 is 0 Å². The Balaban J connectivity index is 1.83. The summed E-state index contributed by atoms with van der Waals surface area (Å²) in [4.78, 5) is 24.5. The van der Waals surface area contributed by atoms with Gasteiger partial charge < -0.3 is 9.15 Å². The number of hydrogen-bond acceptors (Lipinski definition) is 5. The Hall–Kier alpha value is -2.11. The second-order valence-electron chi connectivity index (χ2n) is 4.30. The molecule has 2 heterocycles. The van der Waals surface area contributed by atoms with E-state index in [0.29, 0.717) is 16.7 Å². The van der Waals surface area contributed by atoms with Crippen LogP contribution in [0.4, 0.5) is 0 Å². The molecular formula is C15H9ClO4S. The SMILES string of the molecule is O=C(Cc1cccs1)Oc1ccc2c(=O)c(Cl)coc2c1. The summed E-state index contributed by atoms with van der Waals surface area (Å²) < 4.78 is 10.5. The summed E-state index contributed by atoms with van der Waals surface area (Å²) in [6.45, 7) is 0. The number of halogens is 1. The molecule has 6 heteroatoms. The summed E-state index contributed by atoms with van der Waals surface area (Å²) in [5.41, 5.74) is 0.0141. The molecule has 0 aliphatic rings. The highest BCUT2D eigenvalue weighted by molar-refractivity contribution is 7.10. The van der Waals surface area contributed by atoms with Gasteiger partial charge in [0, 0.05) is 10.9 Å². The topological polar surface area (TPSA) is 56.5 Å². The first-order valence-electron chi connectivity index (χ1n) is 6.07. The van der Waals surface area contributed by atoms with Gasteiger partial charge >= 0.3 is 5.97 Å². The quantitative estimate of drug-likeness (QED) is 0.546. The number of thiophene rings is 1. The summed E-state index contributed by atoms with van der Waals surface area (Å²) in [5, 5.41) is 2.27. The zero-order valence-electron chi connectivity index (χ0n) is 10.7. The lowest BCUT2D eigenvalue weighted by Crippen LogP contribution is -2.10. The molecule has 3 aromatic rings. The highest BCUT2D eigenvalue weighted by atomic mass is 35.5. The fourth-order valence-electron chi connectivity index (χ4n) is 1.87. The molecule has 0 atom stereocenters. The van der Waals surface area contributed by atoms with Gasteiger partial charge in [-0.25, -0.2) is 0 Å². The lowest BCUT2D eigenvalue weighted by molar-refractivity contribution is -0.133. The molecule has 106 valence electrons. The fourth-order valence-corrected chi connectivity index (χ4v) is 2.71. The molecule has 0 fully saturated rings. The van der Waals surface area contributed by atoms with E-state index in [4.69, 9.17) is 20.8 Å². The van der Waals surface area contributed by atoms with E-state index >= 15 is 0 Å². The lowest BCUT2D eigenvalue weighted by Gasteiger charge is -2.04. The van der Waals surface area contributed by atoms with Crippen molar-refractivity contribution in [1.29, 1.82) is 0 Å². The zero-order chi connectivity index (χ0) is 14.8. The molecule has 0 unspecified atom stereocenters. The van der Waals surface area contributed by atoms with Crippen LogP contribution in [-0.2, 0) is 11.2 Å². The molecule has 1 aromatic carbocycles.